The molecule has 2 aromatic heterocycles. The topological polar surface area (TPSA) is 43.0 Å². The van der Waals surface area contributed by atoms with Crippen LogP contribution in [0.5, 0.6) is 0 Å². The molecule has 0 amide bonds. The zero-order valence-electron chi connectivity index (χ0n) is 9.98. The van der Waals surface area contributed by atoms with E-state index in [2.05, 4.69) is 37.7 Å². The number of aromatic nitrogens is 2. The Bertz CT molecular complexity index is 478. The van der Waals surface area contributed by atoms with Crippen LogP contribution >= 0.6 is 15.9 Å². The second kappa shape index (κ2) is 5.51. The van der Waals surface area contributed by atoms with Crippen LogP contribution in [0.25, 0.3) is 0 Å². The zero-order valence-corrected chi connectivity index (χ0v) is 11.6. The summed E-state index contributed by atoms with van der Waals surface area (Å²) < 4.78 is 8.48. The Balaban J connectivity index is 2.31. The molecule has 1 N–H and O–H groups in total. The molecule has 2 heterocycles. The summed E-state index contributed by atoms with van der Waals surface area (Å²) in [5.74, 6) is 1.85. The number of imidazole rings is 1. The van der Waals surface area contributed by atoms with Crippen LogP contribution in [0.15, 0.2) is 33.6 Å². The summed E-state index contributed by atoms with van der Waals surface area (Å²) in [7, 11) is 1.91. The van der Waals surface area contributed by atoms with Crippen molar-refractivity contribution in [3.8, 4) is 0 Å². The lowest BCUT2D eigenvalue weighted by Gasteiger charge is -2.15. The average molecular weight is 298 g/mol. The van der Waals surface area contributed by atoms with Crippen LogP contribution in [0.1, 0.15) is 31.0 Å². The fourth-order valence-electron chi connectivity index (χ4n) is 1.89. The summed E-state index contributed by atoms with van der Waals surface area (Å²) >= 11 is 3.32. The molecule has 0 bridgehead atoms. The fraction of sp³-hybridized carbons (Fsp3) is 0.417. The third kappa shape index (κ3) is 2.61. The predicted octanol–water partition coefficient (Wildman–Crippen LogP) is 2.96. The van der Waals surface area contributed by atoms with Crippen LogP contribution in [0.3, 0.4) is 0 Å². The van der Waals surface area contributed by atoms with E-state index in [-0.39, 0.29) is 6.04 Å². The maximum absolute atomic E-state index is 5.59. The van der Waals surface area contributed by atoms with Crippen molar-refractivity contribution in [2.75, 3.05) is 7.05 Å². The van der Waals surface area contributed by atoms with Crippen molar-refractivity contribution in [3.63, 3.8) is 0 Å². The standard InChI is InChI=1S/C12H16BrN3O/c1-3-7-16-8-6-15-12(16)11(14-2)9-4-5-10(13)17-9/h4-6,8,11,14H,3,7H2,1-2H3. The molecule has 0 aliphatic heterocycles. The van der Waals surface area contributed by atoms with E-state index in [9.17, 15) is 0 Å². The molecule has 92 valence electrons. The van der Waals surface area contributed by atoms with Gasteiger partial charge in [-0.2, -0.15) is 0 Å². The molecule has 0 spiro atoms. The molecule has 0 saturated heterocycles. The van der Waals surface area contributed by atoms with Crippen molar-refractivity contribution in [3.05, 3.63) is 40.8 Å². The van der Waals surface area contributed by atoms with E-state index in [1.54, 1.807) is 0 Å². The Morgan fingerprint density at radius 2 is 2.35 bits per heavy atom. The molecule has 0 fully saturated rings. The van der Waals surface area contributed by atoms with Gasteiger partial charge in [0.25, 0.3) is 0 Å². The molecular weight excluding hydrogens is 282 g/mol. The molecular formula is C12H16BrN3O. The Kier molecular flexibility index (Phi) is 4.02. The number of hydrogen-bond acceptors (Lipinski definition) is 3. The fourth-order valence-corrected chi connectivity index (χ4v) is 2.21. The van der Waals surface area contributed by atoms with Crippen LogP contribution in [0.2, 0.25) is 0 Å². The molecule has 0 aromatic carbocycles. The van der Waals surface area contributed by atoms with Gasteiger partial charge < -0.3 is 14.3 Å². The van der Waals surface area contributed by atoms with Crippen LogP contribution in [0, 0.1) is 0 Å². The minimum Gasteiger partial charge on any atom is -0.452 e. The molecule has 0 aliphatic rings. The summed E-state index contributed by atoms with van der Waals surface area (Å²) in [4.78, 5) is 4.42. The average Bonchev–Trinajstić information content (AvgIpc) is 2.91. The van der Waals surface area contributed by atoms with E-state index in [1.165, 1.54) is 0 Å². The summed E-state index contributed by atoms with van der Waals surface area (Å²) in [5.41, 5.74) is 0. The Labute approximate surface area is 109 Å². The zero-order chi connectivity index (χ0) is 12.3. The predicted molar refractivity (Wildman–Crippen MR) is 69.8 cm³/mol. The molecule has 2 rings (SSSR count). The minimum absolute atomic E-state index is 0.0112. The SMILES string of the molecule is CCCn1ccnc1C(NC)c1ccc(Br)o1. The van der Waals surface area contributed by atoms with Gasteiger partial charge in [0.15, 0.2) is 4.67 Å². The largest absolute Gasteiger partial charge is 0.452 e. The molecule has 5 heteroatoms. The maximum Gasteiger partial charge on any atom is 0.169 e. The highest BCUT2D eigenvalue weighted by atomic mass is 79.9. The second-order valence-corrected chi connectivity index (χ2v) is 4.62. The van der Waals surface area contributed by atoms with Gasteiger partial charge in [-0.3, -0.25) is 0 Å². The van der Waals surface area contributed by atoms with Gasteiger partial charge in [0.2, 0.25) is 0 Å². The quantitative estimate of drug-likeness (QED) is 0.923. The minimum atomic E-state index is -0.0112. The van der Waals surface area contributed by atoms with Crippen LogP contribution in [-0.2, 0) is 6.54 Å². The van der Waals surface area contributed by atoms with Gasteiger partial charge in [-0.05, 0) is 41.5 Å². The summed E-state index contributed by atoms with van der Waals surface area (Å²) in [6.45, 7) is 3.12. The van der Waals surface area contributed by atoms with Gasteiger partial charge in [-0.15, -0.1) is 0 Å². The van der Waals surface area contributed by atoms with Gasteiger partial charge >= 0.3 is 0 Å². The van der Waals surface area contributed by atoms with Crippen LogP contribution in [0.4, 0.5) is 0 Å². The molecule has 2 aromatic rings. The molecule has 1 unspecified atom stereocenters. The van der Waals surface area contributed by atoms with E-state index < -0.39 is 0 Å². The normalized spacial score (nSPS) is 12.9. The monoisotopic (exact) mass is 297 g/mol. The molecule has 1 atom stereocenters. The first kappa shape index (κ1) is 12.4. The number of aryl methyl sites for hydroxylation is 1. The highest BCUT2D eigenvalue weighted by Crippen LogP contribution is 2.25. The van der Waals surface area contributed by atoms with E-state index in [0.717, 1.165) is 29.2 Å². The highest BCUT2D eigenvalue weighted by molar-refractivity contribution is 9.10. The van der Waals surface area contributed by atoms with Crippen LogP contribution in [-0.4, -0.2) is 16.6 Å². The van der Waals surface area contributed by atoms with Crippen LogP contribution < -0.4 is 5.32 Å². The third-order valence-electron chi connectivity index (χ3n) is 2.64. The lowest BCUT2D eigenvalue weighted by molar-refractivity contribution is 0.428. The Morgan fingerprint density at radius 1 is 1.53 bits per heavy atom. The van der Waals surface area contributed by atoms with E-state index in [1.807, 2.05) is 31.6 Å². The summed E-state index contributed by atoms with van der Waals surface area (Å²) in [6.07, 6.45) is 4.91. The van der Waals surface area contributed by atoms with Gasteiger partial charge in [-0.25, -0.2) is 4.98 Å². The maximum atomic E-state index is 5.59. The smallest absolute Gasteiger partial charge is 0.169 e. The Hall–Kier alpha value is -1.07. The number of halogens is 1. The van der Waals surface area contributed by atoms with Crippen molar-refractivity contribution in [2.45, 2.75) is 25.9 Å². The second-order valence-electron chi connectivity index (χ2n) is 3.84. The van der Waals surface area contributed by atoms with Gasteiger partial charge in [0.05, 0.1) is 0 Å². The van der Waals surface area contributed by atoms with Crippen molar-refractivity contribution in [1.29, 1.82) is 0 Å². The lowest BCUT2D eigenvalue weighted by Crippen LogP contribution is -2.21. The number of furan rings is 1. The van der Waals surface area contributed by atoms with Gasteiger partial charge in [-0.1, -0.05) is 6.92 Å². The number of rotatable bonds is 5. The molecule has 0 aliphatic carbocycles. The molecule has 0 radical (unpaired) electrons. The van der Waals surface area contributed by atoms with E-state index in [0.29, 0.717) is 0 Å². The Morgan fingerprint density at radius 3 is 2.94 bits per heavy atom. The molecule has 0 saturated carbocycles. The van der Waals surface area contributed by atoms with Crippen molar-refractivity contribution < 1.29 is 4.42 Å². The number of hydrogen-bond donors (Lipinski definition) is 1. The first-order valence-corrected chi connectivity index (χ1v) is 6.49. The molecule has 4 nitrogen and oxygen atoms in total. The summed E-state index contributed by atoms with van der Waals surface area (Å²) in [6, 6.07) is 3.84. The highest BCUT2D eigenvalue weighted by Gasteiger charge is 2.20. The van der Waals surface area contributed by atoms with E-state index >= 15 is 0 Å². The lowest BCUT2D eigenvalue weighted by atomic mass is 10.2. The van der Waals surface area contributed by atoms with Crippen molar-refractivity contribution in [1.82, 2.24) is 14.9 Å². The molecule has 17 heavy (non-hydrogen) atoms. The van der Waals surface area contributed by atoms with Crippen molar-refractivity contribution in [2.24, 2.45) is 0 Å². The number of nitrogens with zero attached hydrogens (tertiary/aromatic N) is 2. The third-order valence-corrected chi connectivity index (χ3v) is 3.06. The first-order valence-electron chi connectivity index (χ1n) is 5.69. The number of nitrogens with one attached hydrogen (secondary N) is 1. The van der Waals surface area contributed by atoms with Crippen molar-refractivity contribution >= 4 is 15.9 Å². The van der Waals surface area contributed by atoms with E-state index in [4.69, 9.17) is 4.42 Å². The van der Waals surface area contributed by atoms with Gasteiger partial charge in [0.1, 0.15) is 17.6 Å². The first-order chi connectivity index (χ1) is 8.26. The summed E-state index contributed by atoms with van der Waals surface area (Å²) in [5, 5.41) is 3.23. The van der Waals surface area contributed by atoms with Gasteiger partial charge in [0, 0.05) is 18.9 Å².